The Balaban J connectivity index is 2.14. The molecule has 0 aliphatic carbocycles. The molecule has 2 aromatic carbocycles. The van der Waals surface area contributed by atoms with Gasteiger partial charge in [-0.15, -0.1) is 0 Å². The van der Waals surface area contributed by atoms with Gasteiger partial charge in [0, 0.05) is 11.3 Å². The van der Waals surface area contributed by atoms with Gasteiger partial charge in [-0.1, -0.05) is 12.1 Å². The third-order valence-electron chi connectivity index (χ3n) is 3.32. The molecule has 0 fully saturated rings. The van der Waals surface area contributed by atoms with Crippen LogP contribution in [0.3, 0.4) is 0 Å². The Morgan fingerprint density at radius 2 is 1.95 bits per heavy atom. The molecule has 0 aromatic heterocycles. The van der Waals surface area contributed by atoms with Crippen LogP contribution < -0.4 is 10.1 Å². The van der Waals surface area contributed by atoms with Gasteiger partial charge in [-0.25, -0.2) is 0 Å². The second-order valence-corrected chi connectivity index (χ2v) is 4.82. The van der Waals surface area contributed by atoms with E-state index in [-0.39, 0.29) is 11.8 Å². The summed E-state index contributed by atoms with van der Waals surface area (Å²) in [6.45, 7) is 1.97. The van der Waals surface area contributed by atoms with Crippen molar-refractivity contribution in [1.29, 1.82) is 5.26 Å². The number of phenolic OH excluding ortho intramolecular Hbond substituents is 1. The number of nitrogens with zero attached hydrogens (tertiary/aromatic N) is 1. The van der Waals surface area contributed by atoms with Crippen molar-refractivity contribution in [3.05, 3.63) is 53.6 Å². The van der Waals surface area contributed by atoms with Gasteiger partial charge < -0.3 is 15.2 Å². The van der Waals surface area contributed by atoms with Crippen LogP contribution in [0.2, 0.25) is 0 Å². The summed E-state index contributed by atoms with van der Waals surface area (Å²) in [6.07, 6.45) is 0.409. The van der Waals surface area contributed by atoms with Gasteiger partial charge in [0.15, 0.2) is 0 Å². The second-order valence-electron chi connectivity index (χ2n) is 4.82. The Morgan fingerprint density at radius 3 is 2.57 bits per heavy atom. The zero-order valence-electron chi connectivity index (χ0n) is 12.1. The highest BCUT2D eigenvalue weighted by atomic mass is 16.5. The lowest BCUT2D eigenvalue weighted by molar-refractivity contribution is 0.410. The zero-order chi connectivity index (χ0) is 15.2. The third kappa shape index (κ3) is 3.67. The molecule has 0 saturated carbocycles. The first-order valence-corrected chi connectivity index (χ1v) is 6.73. The number of aromatic hydroxyl groups is 1. The maximum absolute atomic E-state index is 9.96. The minimum Gasteiger partial charge on any atom is -0.508 e. The average molecular weight is 282 g/mol. The molecule has 1 atom stereocenters. The molecule has 0 amide bonds. The van der Waals surface area contributed by atoms with Crippen LogP contribution in [0.15, 0.2) is 42.5 Å². The van der Waals surface area contributed by atoms with Gasteiger partial charge in [0.05, 0.1) is 25.6 Å². The molecule has 0 aliphatic heterocycles. The number of phenols is 1. The van der Waals surface area contributed by atoms with E-state index >= 15 is 0 Å². The lowest BCUT2D eigenvalue weighted by Gasteiger charge is -2.18. The molecule has 4 heteroatoms. The van der Waals surface area contributed by atoms with E-state index in [1.807, 2.05) is 37.3 Å². The molecule has 0 heterocycles. The summed E-state index contributed by atoms with van der Waals surface area (Å²) in [5.74, 6) is 0.942. The van der Waals surface area contributed by atoms with E-state index in [0.29, 0.717) is 12.2 Å². The third-order valence-corrected chi connectivity index (χ3v) is 3.32. The number of anilines is 1. The molecule has 2 N–H and O–H groups in total. The van der Waals surface area contributed by atoms with Crippen LogP contribution >= 0.6 is 0 Å². The van der Waals surface area contributed by atoms with E-state index in [1.165, 1.54) is 0 Å². The molecular weight excluding hydrogens is 264 g/mol. The van der Waals surface area contributed by atoms with Crippen LogP contribution in [0, 0.1) is 11.3 Å². The van der Waals surface area contributed by atoms with Crippen molar-refractivity contribution in [2.45, 2.75) is 19.4 Å². The quantitative estimate of drug-likeness (QED) is 0.878. The largest absolute Gasteiger partial charge is 0.508 e. The molecule has 0 saturated heterocycles. The van der Waals surface area contributed by atoms with Gasteiger partial charge in [0.1, 0.15) is 11.5 Å². The van der Waals surface area contributed by atoms with Crippen LogP contribution in [-0.2, 0) is 6.42 Å². The number of hydrogen-bond donors (Lipinski definition) is 2. The Labute approximate surface area is 124 Å². The maximum Gasteiger partial charge on any atom is 0.121 e. The summed E-state index contributed by atoms with van der Waals surface area (Å²) in [5.41, 5.74) is 2.70. The molecule has 2 aromatic rings. The van der Waals surface area contributed by atoms with Crippen molar-refractivity contribution in [3.63, 3.8) is 0 Å². The highest BCUT2D eigenvalue weighted by Crippen LogP contribution is 2.30. The highest BCUT2D eigenvalue weighted by molar-refractivity contribution is 5.50. The fraction of sp³-hybridized carbons (Fsp3) is 0.235. The van der Waals surface area contributed by atoms with Gasteiger partial charge in [-0.2, -0.15) is 5.26 Å². The number of ether oxygens (including phenoxy) is 1. The van der Waals surface area contributed by atoms with E-state index in [4.69, 9.17) is 10.00 Å². The highest BCUT2D eigenvalue weighted by Gasteiger charge is 2.11. The van der Waals surface area contributed by atoms with E-state index in [2.05, 4.69) is 11.4 Å². The first-order valence-electron chi connectivity index (χ1n) is 6.73. The predicted molar refractivity (Wildman–Crippen MR) is 82.5 cm³/mol. The van der Waals surface area contributed by atoms with Gasteiger partial charge in [-0.3, -0.25) is 0 Å². The predicted octanol–water partition coefficient (Wildman–Crippen LogP) is 3.64. The Bertz CT molecular complexity index is 645. The lowest BCUT2D eigenvalue weighted by Crippen LogP contribution is -2.07. The van der Waals surface area contributed by atoms with Gasteiger partial charge in [-0.05, 0) is 42.8 Å². The first-order chi connectivity index (χ1) is 10.1. The molecule has 0 aliphatic rings. The Kier molecular flexibility index (Phi) is 4.68. The minimum atomic E-state index is -0.0677. The molecule has 0 bridgehead atoms. The van der Waals surface area contributed by atoms with Crippen LogP contribution in [-0.4, -0.2) is 12.2 Å². The fourth-order valence-electron chi connectivity index (χ4n) is 2.14. The fourth-order valence-corrected chi connectivity index (χ4v) is 2.14. The average Bonchev–Trinajstić information content (AvgIpc) is 2.50. The molecule has 0 radical (unpaired) electrons. The lowest BCUT2D eigenvalue weighted by atomic mass is 10.1. The topological polar surface area (TPSA) is 65.3 Å². The molecular formula is C17H18N2O2. The molecule has 108 valence electrons. The van der Waals surface area contributed by atoms with E-state index in [9.17, 15) is 5.11 Å². The van der Waals surface area contributed by atoms with E-state index in [0.717, 1.165) is 16.8 Å². The molecule has 4 nitrogen and oxygen atoms in total. The van der Waals surface area contributed by atoms with Crippen molar-refractivity contribution in [1.82, 2.24) is 0 Å². The van der Waals surface area contributed by atoms with E-state index in [1.54, 1.807) is 19.2 Å². The molecule has 1 unspecified atom stereocenters. The van der Waals surface area contributed by atoms with Gasteiger partial charge >= 0.3 is 0 Å². The van der Waals surface area contributed by atoms with Crippen molar-refractivity contribution >= 4 is 5.69 Å². The summed E-state index contributed by atoms with van der Waals surface area (Å²) >= 11 is 0. The summed E-state index contributed by atoms with van der Waals surface area (Å²) in [6, 6.07) is 14.9. The van der Waals surface area contributed by atoms with Gasteiger partial charge in [0.2, 0.25) is 0 Å². The molecule has 2 rings (SSSR count). The number of methoxy groups -OCH3 is 1. The normalized spacial score (nSPS) is 11.5. The van der Waals surface area contributed by atoms with Crippen molar-refractivity contribution in [3.8, 4) is 17.6 Å². The zero-order valence-corrected chi connectivity index (χ0v) is 12.1. The maximum atomic E-state index is 9.96. The SMILES string of the molecule is COc1ccc(O)c(C(C)Nc2ccc(CC#N)cc2)c1. The second kappa shape index (κ2) is 6.67. The standard InChI is InChI=1S/C17H18N2O2/c1-12(16-11-15(21-2)7-8-17(16)20)19-14-5-3-13(4-6-14)9-10-18/h3-8,11-12,19-20H,9H2,1-2H3. The van der Waals surface area contributed by atoms with Crippen molar-refractivity contribution < 1.29 is 9.84 Å². The minimum absolute atomic E-state index is 0.0677. The number of nitriles is 1. The van der Waals surface area contributed by atoms with Gasteiger partial charge in [0.25, 0.3) is 0 Å². The van der Waals surface area contributed by atoms with Crippen LogP contribution in [0.1, 0.15) is 24.1 Å². The number of nitrogens with one attached hydrogen (secondary N) is 1. The monoisotopic (exact) mass is 282 g/mol. The summed E-state index contributed by atoms with van der Waals surface area (Å²) < 4.78 is 5.18. The van der Waals surface area contributed by atoms with E-state index < -0.39 is 0 Å². The summed E-state index contributed by atoms with van der Waals surface area (Å²) in [4.78, 5) is 0. The van der Waals surface area contributed by atoms with Crippen molar-refractivity contribution in [2.75, 3.05) is 12.4 Å². The van der Waals surface area contributed by atoms with Crippen LogP contribution in [0.4, 0.5) is 5.69 Å². The van der Waals surface area contributed by atoms with Crippen LogP contribution in [0.25, 0.3) is 0 Å². The number of benzene rings is 2. The summed E-state index contributed by atoms with van der Waals surface area (Å²) in [7, 11) is 1.60. The Morgan fingerprint density at radius 1 is 1.24 bits per heavy atom. The number of rotatable bonds is 5. The smallest absolute Gasteiger partial charge is 0.121 e. The molecule has 21 heavy (non-hydrogen) atoms. The summed E-state index contributed by atoms with van der Waals surface area (Å²) in [5, 5.41) is 21.9. The van der Waals surface area contributed by atoms with Crippen molar-refractivity contribution in [2.24, 2.45) is 0 Å². The van der Waals surface area contributed by atoms with Crippen LogP contribution in [0.5, 0.6) is 11.5 Å². The first kappa shape index (κ1) is 14.7. The Hall–Kier alpha value is -2.67. The molecule has 0 spiro atoms. The number of hydrogen-bond acceptors (Lipinski definition) is 4.